The van der Waals surface area contributed by atoms with Crippen LogP contribution in [0.1, 0.15) is 36.3 Å². The third-order valence-electron chi connectivity index (χ3n) is 4.51. The summed E-state index contributed by atoms with van der Waals surface area (Å²) in [6.07, 6.45) is -1.56. The fourth-order valence-corrected chi connectivity index (χ4v) is 2.96. The highest BCUT2D eigenvalue weighted by Gasteiger charge is 2.30. The van der Waals surface area contributed by atoms with Crippen molar-refractivity contribution in [3.8, 4) is 11.4 Å². The first-order valence-electron chi connectivity index (χ1n) is 9.15. The zero-order valence-electron chi connectivity index (χ0n) is 16.0. The highest BCUT2D eigenvalue weighted by atomic mass is 19.4. The van der Waals surface area contributed by atoms with Crippen LogP contribution in [0.3, 0.4) is 0 Å². The molecular formula is C21H21F3N4O. The van der Waals surface area contributed by atoms with Gasteiger partial charge in [0, 0.05) is 29.7 Å². The molecule has 5 nitrogen and oxygen atoms in total. The van der Waals surface area contributed by atoms with Crippen molar-refractivity contribution < 1.29 is 18.3 Å². The summed E-state index contributed by atoms with van der Waals surface area (Å²) < 4.78 is 38.3. The minimum absolute atomic E-state index is 0.399. The van der Waals surface area contributed by atoms with Crippen LogP contribution >= 0.6 is 0 Å². The molecule has 2 unspecified atom stereocenters. The van der Waals surface area contributed by atoms with Gasteiger partial charge in [0.25, 0.3) is 0 Å². The second-order valence-electron chi connectivity index (χ2n) is 6.68. The molecule has 0 saturated carbocycles. The van der Waals surface area contributed by atoms with Crippen molar-refractivity contribution in [2.75, 3.05) is 5.32 Å². The van der Waals surface area contributed by atoms with E-state index in [9.17, 15) is 18.3 Å². The Balaban J connectivity index is 1.81. The monoisotopic (exact) mass is 402 g/mol. The molecule has 0 amide bonds. The number of halogens is 3. The molecule has 152 valence electrons. The number of aromatic nitrogens is 3. The first kappa shape index (κ1) is 20.7. The maximum Gasteiger partial charge on any atom is 0.416 e. The SMILES string of the molecule is CCC(Nc1cc(C)nc(-c2cccnc2)n1)C(O)c1ccc(C(F)(F)F)cc1. The predicted molar refractivity (Wildman–Crippen MR) is 104 cm³/mol. The molecule has 2 N–H and O–H groups in total. The Bertz CT molecular complexity index is 946. The molecule has 8 heteroatoms. The number of alkyl halides is 3. The van der Waals surface area contributed by atoms with Gasteiger partial charge in [-0.2, -0.15) is 13.2 Å². The quantitative estimate of drug-likeness (QED) is 0.620. The predicted octanol–water partition coefficient (Wildman–Crippen LogP) is 4.79. The molecule has 0 aliphatic carbocycles. The van der Waals surface area contributed by atoms with E-state index in [1.165, 1.54) is 12.1 Å². The highest BCUT2D eigenvalue weighted by Crippen LogP contribution is 2.31. The molecule has 0 radical (unpaired) electrons. The largest absolute Gasteiger partial charge is 0.416 e. The molecule has 0 bridgehead atoms. The van der Waals surface area contributed by atoms with Crippen LogP contribution in [0.4, 0.5) is 19.0 Å². The standard InChI is InChI=1S/C21H21F3N4O/c1-3-17(19(29)14-6-8-16(9-7-14)21(22,23)24)27-18-11-13(2)26-20(28-18)15-5-4-10-25-12-15/h4-12,17,19,29H,3H2,1-2H3,(H,26,27,28). The van der Waals surface area contributed by atoms with Gasteiger partial charge in [0.1, 0.15) is 5.82 Å². The summed E-state index contributed by atoms with van der Waals surface area (Å²) in [4.78, 5) is 13.0. The number of hydrogen-bond acceptors (Lipinski definition) is 5. The van der Waals surface area contributed by atoms with E-state index >= 15 is 0 Å². The molecule has 0 aliphatic heterocycles. The number of pyridine rings is 1. The van der Waals surface area contributed by atoms with Gasteiger partial charge in [0.05, 0.1) is 17.7 Å². The third kappa shape index (κ3) is 5.08. The Morgan fingerprint density at radius 1 is 1.10 bits per heavy atom. The summed E-state index contributed by atoms with van der Waals surface area (Å²) in [5, 5.41) is 13.9. The summed E-state index contributed by atoms with van der Waals surface area (Å²) in [7, 11) is 0. The smallest absolute Gasteiger partial charge is 0.386 e. The Kier molecular flexibility index (Phi) is 6.12. The third-order valence-corrected chi connectivity index (χ3v) is 4.51. The van der Waals surface area contributed by atoms with Crippen LogP contribution in [-0.4, -0.2) is 26.1 Å². The molecule has 0 saturated heterocycles. The molecule has 3 aromatic rings. The lowest BCUT2D eigenvalue weighted by molar-refractivity contribution is -0.137. The van der Waals surface area contributed by atoms with E-state index < -0.39 is 23.9 Å². The fraction of sp³-hybridized carbons (Fsp3) is 0.286. The number of aliphatic hydroxyl groups is 1. The zero-order chi connectivity index (χ0) is 21.0. The molecule has 29 heavy (non-hydrogen) atoms. The molecule has 2 atom stereocenters. The van der Waals surface area contributed by atoms with Gasteiger partial charge in [0.2, 0.25) is 0 Å². The van der Waals surface area contributed by atoms with Crippen LogP contribution in [0.5, 0.6) is 0 Å². The lowest BCUT2D eigenvalue weighted by Crippen LogP contribution is -2.27. The maximum atomic E-state index is 12.8. The number of benzene rings is 1. The zero-order valence-corrected chi connectivity index (χ0v) is 16.0. The lowest BCUT2D eigenvalue weighted by atomic mass is 9.99. The van der Waals surface area contributed by atoms with Gasteiger partial charge in [-0.3, -0.25) is 4.98 Å². The average molecular weight is 402 g/mol. The van der Waals surface area contributed by atoms with E-state index in [1.54, 1.807) is 24.5 Å². The van der Waals surface area contributed by atoms with Crippen molar-refractivity contribution in [2.45, 2.75) is 38.6 Å². The van der Waals surface area contributed by atoms with Gasteiger partial charge in [0.15, 0.2) is 5.82 Å². The van der Waals surface area contributed by atoms with Crippen molar-refractivity contribution in [1.82, 2.24) is 15.0 Å². The highest BCUT2D eigenvalue weighted by molar-refractivity contribution is 5.56. The van der Waals surface area contributed by atoms with E-state index in [2.05, 4.69) is 20.3 Å². The van der Waals surface area contributed by atoms with Crippen LogP contribution in [0.2, 0.25) is 0 Å². The lowest BCUT2D eigenvalue weighted by Gasteiger charge is -2.24. The fourth-order valence-electron chi connectivity index (χ4n) is 2.96. The molecule has 3 rings (SSSR count). The summed E-state index contributed by atoms with van der Waals surface area (Å²) in [5.74, 6) is 1.02. The first-order valence-corrected chi connectivity index (χ1v) is 9.15. The molecule has 2 heterocycles. The molecule has 2 aromatic heterocycles. The van der Waals surface area contributed by atoms with Gasteiger partial charge < -0.3 is 10.4 Å². The van der Waals surface area contributed by atoms with Crippen molar-refractivity contribution in [1.29, 1.82) is 0 Å². The number of rotatable bonds is 6. The van der Waals surface area contributed by atoms with E-state index in [1.807, 2.05) is 19.9 Å². The summed E-state index contributed by atoms with van der Waals surface area (Å²) >= 11 is 0. The molecule has 0 aliphatic rings. The summed E-state index contributed by atoms with van der Waals surface area (Å²) in [6.45, 7) is 3.71. The van der Waals surface area contributed by atoms with Gasteiger partial charge in [-0.05, 0) is 43.2 Å². The Labute approximate surface area is 166 Å². The number of aliphatic hydroxyl groups excluding tert-OH is 1. The van der Waals surface area contributed by atoms with E-state index in [0.29, 0.717) is 23.6 Å². The molecule has 0 fully saturated rings. The van der Waals surface area contributed by atoms with E-state index in [0.717, 1.165) is 23.4 Å². The van der Waals surface area contributed by atoms with E-state index in [-0.39, 0.29) is 0 Å². The van der Waals surface area contributed by atoms with Crippen molar-refractivity contribution in [3.05, 3.63) is 71.7 Å². The van der Waals surface area contributed by atoms with Crippen molar-refractivity contribution >= 4 is 5.82 Å². The number of nitrogens with one attached hydrogen (secondary N) is 1. The van der Waals surface area contributed by atoms with Crippen LogP contribution in [-0.2, 0) is 6.18 Å². The normalized spacial score (nSPS) is 13.7. The Morgan fingerprint density at radius 2 is 1.83 bits per heavy atom. The maximum absolute atomic E-state index is 12.8. The average Bonchev–Trinajstić information content (AvgIpc) is 2.71. The summed E-state index contributed by atoms with van der Waals surface area (Å²) in [6, 6.07) is 9.48. The van der Waals surface area contributed by atoms with Gasteiger partial charge in [-0.15, -0.1) is 0 Å². The Hall–Kier alpha value is -3.00. The number of aryl methyl sites for hydroxylation is 1. The molecule has 0 spiro atoms. The van der Waals surface area contributed by atoms with Gasteiger partial charge >= 0.3 is 6.18 Å². The minimum Gasteiger partial charge on any atom is -0.386 e. The van der Waals surface area contributed by atoms with Crippen LogP contribution < -0.4 is 5.32 Å². The number of nitrogens with zero attached hydrogens (tertiary/aromatic N) is 3. The molecular weight excluding hydrogens is 381 g/mol. The second kappa shape index (κ2) is 8.57. The minimum atomic E-state index is -4.41. The van der Waals surface area contributed by atoms with Crippen molar-refractivity contribution in [3.63, 3.8) is 0 Å². The first-order chi connectivity index (χ1) is 13.8. The van der Waals surface area contributed by atoms with Crippen LogP contribution in [0.15, 0.2) is 54.9 Å². The molecule has 1 aromatic carbocycles. The topological polar surface area (TPSA) is 70.9 Å². The van der Waals surface area contributed by atoms with Crippen LogP contribution in [0.25, 0.3) is 11.4 Å². The van der Waals surface area contributed by atoms with E-state index in [4.69, 9.17) is 0 Å². The number of anilines is 1. The van der Waals surface area contributed by atoms with Crippen LogP contribution in [0, 0.1) is 6.92 Å². The summed E-state index contributed by atoms with van der Waals surface area (Å²) in [5.41, 5.74) is 1.15. The van der Waals surface area contributed by atoms with Crippen molar-refractivity contribution in [2.24, 2.45) is 0 Å². The Morgan fingerprint density at radius 3 is 2.41 bits per heavy atom. The second-order valence-corrected chi connectivity index (χ2v) is 6.68. The number of hydrogen-bond donors (Lipinski definition) is 2. The van der Waals surface area contributed by atoms with Gasteiger partial charge in [-0.1, -0.05) is 19.1 Å². The van der Waals surface area contributed by atoms with Gasteiger partial charge in [-0.25, -0.2) is 9.97 Å².